The van der Waals surface area contributed by atoms with Gasteiger partial charge in [-0.1, -0.05) is 42.5 Å². The Kier molecular flexibility index (Phi) is 4.69. The molecule has 5 heteroatoms. The van der Waals surface area contributed by atoms with Crippen molar-refractivity contribution in [2.45, 2.75) is 12.8 Å². The second kappa shape index (κ2) is 7.79. The largest absolute Gasteiger partial charge is 0.457 e. The zero-order valence-corrected chi connectivity index (χ0v) is 16.2. The zero-order chi connectivity index (χ0) is 20.3. The van der Waals surface area contributed by atoms with E-state index in [1.807, 2.05) is 78.9 Å². The fraction of sp³-hybridized carbons (Fsp3) is 0.0800. The number of aromatic amines is 1. The highest BCUT2D eigenvalue weighted by Crippen LogP contribution is 2.28. The molecule has 0 spiro atoms. The van der Waals surface area contributed by atoms with E-state index in [9.17, 15) is 4.79 Å². The maximum Gasteiger partial charge on any atom is 0.181 e. The van der Waals surface area contributed by atoms with Crippen LogP contribution in [0.25, 0.3) is 16.7 Å². The molecule has 0 radical (unpaired) electrons. The molecule has 0 saturated heterocycles. The van der Waals surface area contributed by atoms with Gasteiger partial charge in [-0.05, 0) is 42.0 Å². The first-order valence-electron chi connectivity index (χ1n) is 9.81. The predicted octanol–water partition coefficient (Wildman–Crippen LogP) is 5.35. The number of imidazole rings is 1. The number of nitrogens with one attached hydrogen (secondary N) is 1. The molecular weight excluding hydrogens is 374 g/mol. The number of ketones is 1. The minimum atomic E-state index is 0.0387. The number of H-pyrrole nitrogens is 1. The van der Waals surface area contributed by atoms with E-state index in [0.717, 1.165) is 39.4 Å². The van der Waals surface area contributed by atoms with Crippen molar-refractivity contribution in [3.05, 3.63) is 96.3 Å². The van der Waals surface area contributed by atoms with E-state index in [-0.39, 0.29) is 5.78 Å². The van der Waals surface area contributed by atoms with E-state index in [0.29, 0.717) is 18.6 Å². The van der Waals surface area contributed by atoms with Crippen LogP contribution in [0.4, 0.5) is 0 Å². The Morgan fingerprint density at radius 3 is 2.73 bits per heavy atom. The van der Waals surface area contributed by atoms with Crippen molar-refractivity contribution in [1.29, 1.82) is 0 Å². The number of Topliss-reactive ketones (excluding diaryl/α,β-unsaturated/α-hetero) is 1. The lowest BCUT2D eigenvalue weighted by Gasteiger charge is -2.07. The Morgan fingerprint density at radius 1 is 0.967 bits per heavy atom. The summed E-state index contributed by atoms with van der Waals surface area (Å²) in [5, 5.41) is 0. The summed E-state index contributed by atoms with van der Waals surface area (Å²) >= 11 is 0. The quantitative estimate of drug-likeness (QED) is 0.480. The zero-order valence-electron chi connectivity index (χ0n) is 16.2. The van der Waals surface area contributed by atoms with Gasteiger partial charge in [0.05, 0.1) is 28.8 Å². The number of hydrogen-bond acceptors (Lipinski definition) is 4. The lowest BCUT2D eigenvalue weighted by atomic mass is 10.0. The topological polar surface area (TPSA) is 67.3 Å². The second-order valence-electron chi connectivity index (χ2n) is 7.15. The molecule has 0 aliphatic carbocycles. The molecule has 5 nitrogen and oxygen atoms in total. The van der Waals surface area contributed by atoms with Gasteiger partial charge in [-0.25, -0.2) is 9.98 Å². The molecule has 3 aromatic carbocycles. The van der Waals surface area contributed by atoms with Gasteiger partial charge >= 0.3 is 0 Å². The normalized spacial score (nSPS) is 13.2. The molecule has 0 saturated carbocycles. The van der Waals surface area contributed by atoms with Gasteiger partial charge in [0.15, 0.2) is 5.78 Å². The van der Waals surface area contributed by atoms with Gasteiger partial charge < -0.3 is 9.72 Å². The number of carbonyl (C=O) groups excluding carboxylic acids is 1. The van der Waals surface area contributed by atoms with E-state index >= 15 is 0 Å². The van der Waals surface area contributed by atoms with E-state index in [1.54, 1.807) is 6.33 Å². The molecule has 146 valence electrons. The number of carbonyl (C=O) groups is 1. The Morgan fingerprint density at radius 2 is 1.83 bits per heavy atom. The summed E-state index contributed by atoms with van der Waals surface area (Å²) in [5.74, 6) is 1.56. The first kappa shape index (κ1) is 18.1. The van der Waals surface area contributed by atoms with Crippen molar-refractivity contribution in [1.82, 2.24) is 9.97 Å². The van der Waals surface area contributed by atoms with Crippen LogP contribution in [0.2, 0.25) is 0 Å². The molecule has 30 heavy (non-hydrogen) atoms. The van der Waals surface area contributed by atoms with Crippen LogP contribution < -0.4 is 4.74 Å². The number of aliphatic imine (C=N–C) groups is 1. The van der Waals surface area contributed by atoms with Gasteiger partial charge in [0, 0.05) is 18.4 Å². The van der Waals surface area contributed by atoms with Crippen molar-refractivity contribution in [3.8, 4) is 11.5 Å². The molecule has 4 aromatic rings. The van der Waals surface area contributed by atoms with Crippen molar-refractivity contribution in [2.24, 2.45) is 4.99 Å². The van der Waals surface area contributed by atoms with Crippen LogP contribution in [-0.4, -0.2) is 21.5 Å². The Bertz CT molecular complexity index is 1290. The Labute approximate surface area is 173 Å². The number of rotatable bonds is 6. The first-order chi connectivity index (χ1) is 14.7. The SMILES string of the molecule is O=C(Cc1ccc2nc[nH]c2c1)C1=NC(c2cccc(Oc3ccccc3)c2)=CC1. The average molecular weight is 393 g/mol. The van der Waals surface area contributed by atoms with Crippen molar-refractivity contribution < 1.29 is 9.53 Å². The highest BCUT2D eigenvalue weighted by atomic mass is 16.5. The third-order valence-corrected chi connectivity index (χ3v) is 5.02. The molecule has 1 aliphatic heterocycles. The molecule has 1 aromatic heterocycles. The number of nitrogens with zero attached hydrogens (tertiary/aromatic N) is 2. The van der Waals surface area contributed by atoms with Gasteiger partial charge in [0.1, 0.15) is 11.5 Å². The van der Waals surface area contributed by atoms with Crippen molar-refractivity contribution in [2.75, 3.05) is 0 Å². The van der Waals surface area contributed by atoms with Gasteiger partial charge in [-0.3, -0.25) is 4.79 Å². The monoisotopic (exact) mass is 393 g/mol. The fourth-order valence-electron chi connectivity index (χ4n) is 3.51. The number of aromatic nitrogens is 2. The Balaban J connectivity index is 1.30. The number of allylic oxidation sites excluding steroid dienone is 1. The predicted molar refractivity (Wildman–Crippen MR) is 118 cm³/mol. The lowest BCUT2D eigenvalue weighted by molar-refractivity contribution is -0.112. The minimum absolute atomic E-state index is 0.0387. The molecular formula is C25H19N3O2. The van der Waals surface area contributed by atoms with Gasteiger partial charge in [-0.2, -0.15) is 0 Å². The van der Waals surface area contributed by atoms with Crippen LogP contribution in [0, 0.1) is 0 Å². The second-order valence-corrected chi connectivity index (χ2v) is 7.15. The molecule has 0 bridgehead atoms. The molecule has 5 rings (SSSR count). The number of benzene rings is 3. The van der Waals surface area contributed by atoms with Crippen molar-refractivity contribution in [3.63, 3.8) is 0 Å². The summed E-state index contributed by atoms with van der Waals surface area (Å²) in [6.45, 7) is 0. The summed E-state index contributed by atoms with van der Waals surface area (Å²) in [6.07, 6.45) is 4.52. The van der Waals surface area contributed by atoms with Crippen LogP contribution in [0.3, 0.4) is 0 Å². The highest BCUT2D eigenvalue weighted by Gasteiger charge is 2.18. The summed E-state index contributed by atoms with van der Waals surface area (Å²) < 4.78 is 5.91. The van der Waals surface area contributed by atoms with Crippen LogP contribution in [0.1, 0.15) is 17.5 Å². The highest BCUT2D eigenvalue weighted by molar-refractivity contribution is 6.42. The summed E-state index contributed by atoms with van der Waals surface area (Å²) in [6, 6.07) is 23.2. The van der Waals surface area contributed by atoms with Crippen LogP contribution in [0.15, 0.2) is 90.2 Å². The maximum atomic E-state index is 12.8. The minimum Gasteiger partial charge on any atom is -0.457 e. The van der Waals surface area contributed by atoms with Crippen LogP contribution in [0.5, 0.6) is 11.5 Å². The Hall–Kier alpha value is -3.99. The van der Waals surface area contributed by atoms with Crippen LogP contribution in [-0.2, 0) is 11.2 Å². The summed E-state index contributed by atoms with van der Waals surface area (Å²) in [4.78, 5) is 24.7. The van der Waals surface area contributed by atoms with E-state index in [4.69, 9.17) is 4.74 Å². The molecule has 0 fully saturated rings. The molecule has 0 amide bonds. The summed E-state index contributed by atoms with van der Waals surface area (Å²) in [5.41, 5.74) is 5.11. The van der Waals surface area contributed by atoms with E-state index in [2.05, 4.69) is 15.0 Å². The number of fused-ring (bicyclic) bond motifs is 1. The molecule has 1 aliphatic rings. The molecule has 1 N–H and O–H groups in total. The number of ether oxygens (including phenoxy) is 1. The van der Waals surface area contributed by atoms with Crippen molar-refractivity contribution >= 4 is 28.2 Å². The van der Waals surface area contributed by atoms with Crippen LogP contribution >= 0.6 is 0 Å². The first-order valence-corrected chi connectivity index (χ1v) is 9.81. The third-order valence-electron chi connectivity index (χ3n) is 5.02. The van der Waals surface area contributed by atoms with E-state index in [1.165, 1.54) is 0 Å². The molecule has 0 atom stereocenters. The number of hydrogen-bond donors (Lipinski definition) is 1. The van der Waals surface area contributed by atoms with Gasteiger partial charge in [0.2, 0.25) is 0 Å². The van der Waals surface area contributed by atoms with Gasteiger partial charge in [0.25, 0.3) is 0 Å². The van der Waals surface area contributed by atoms with E-state index < -0.39 is 0 Å². The average Bonchev–Trinajstić information content (AvgIpc) is 3.44. The fourth-order valence-corrected chi connectivity index (χ4v) is 3.51. The molecule has 0 unspecified atom stereocenters. The maximum absolute atomic E-state index is 12.8. The lowest BCUT2D eigenvalue weighted by Crippen LogP contribution is -2.14. The smallest absolute Gasteiger partial charge is 0.181 e. The third kappa shape index (κ3) is 3.78. The standard InChI is InChI=1S/C25H19N3O2/c29-25(14-17-9-10-22-24(13-17)27-16-26-22)23-12-11-21(28-23)18-5-4-8-20(15-18)30-19-6-2-1-3-7-19/h1-11,13,15-16H,12,14H2,(H,26,27). The summed E-state index contributed by atoms with van der Waals surface area (Å²) in [7, 11) is 0. The van der Waals surface area contributed by atoms with Gasteiger partial charge in [-0.15, -0.1) is 0 Å². The number of para-hydroxylation sites is 1. The molecule has 2 heterocycles.